The molecule has 0 fully saturated rings. The molecule has 0 aliphatic rings. The third kappa shape index (κ3) is 3.24. The zero-order chi connectivity index (χ0) is 18.8. The summed E-state index contributed by atoms with van der Waals surface area (Å²) >= 11 is 0. The first-order valence-corrected chi connectivity index (χ1v) is 8.46. The second-order valence-electron chi connectivity index (χ2n) is 6.09. The first kappa shape index (κ1) is 16.8. The minimum absolute atomic E-state index is 0.145. The van der Waals surface area contributed by atoms with Gasteiger partial charge in [0.2, 0.25) is 11.7 Å². The number of aromatic nitrogens is 5. The van der Waals surface area contributed by atoms with E-state index in [1.165, 1.54) is 0 Å². The van der Waals surface area contributed by atoms with Crippen LogP contribution in [0.2, 0.25) is 0 Å². The van der Waals surface area contributed by atoms with Crippen molar-refractivity contribution in [2.24, 2.45) is 7.05 Å². The number of carbonyl (C=O) groups excluding carboxylic acids is 1. The Kier molecular flexibility index (Phi) is 4.29. The molecule has 8 nitrogen and oxygen atoms in total. The first-order chi connectivity index (χ1) is 13.1. The smallest absolute Gasteiger partial charge is 0.255 e. The zero-order valence-corrected chi connectivity index (χ0v) is 15.0. The lowest BCUT2D eigenvalue weighted by Crippen LogP contribution is -2.23. The van der Waals surface area contributed by atoms with Crippen LogP contribution in [0.15, 0.2) is 59.4 Å². The molecule has 1 aromatic carbocycles. The topological polar surface area (TPSA) is 90.8 Å². The molecule has 136 valence electrons. The van der Waals surface area contributed by atoms with Gasteiger partial charge in [-0.1, -0.05) is 23.4 Å². The van der Waals surface area contributed by atoms with Gasteiger partial charge in [0.25, 0.3) is 5.91 Å². The molecule has 0 aliphatic heterocycles. The number of nitrogens with zero attached hydrogens (tertiary/aromatic N) is 5. The summed E-state index contributed by atoms with van der Waals surface area (Å²) in [5.74, 6) is 0.584. The van der Waals surface area contributed by atoms with Crippen LogP contribution in [-0.2, 0) is 13.6 Å². The van der Waals surface area contributed by atoms with Crippen molar-refractivity contribution in [1.82, 2.24) is 29.8 Å². The van der Waals surface area contributed by atoms with Gasteiger partial charge in [-0.15, -0.1) is 0 Å². The van der Waals surface area contributed by atoms with Gasteiger partial charge in [0.15, 0.2) is 0 Å². The first-order valence-electron chi connectivity index (χ1n) is 8.46. The Morgan fingerprint density at radius 3 is 2.74 bits per heavy atom. The number of nitrogens with one attached hydrogen (secondary N) is 1. The third-order valence-electron chi connectivity index (χ3n) is 4.30. The van der Waals surface area contributed by atoms with Crippen LogP contribution in [-0.4, -0.2) is 30.4 Å². The van der Waals surface area contributed by atoms with E-state index in [1.54, 1.807) is 10.9 Å². The van der Waals surface area contributed by atoms with Gasteiger partial charge in [-0.2, -0.15) is 10.1 Å². The van der Waals surface area contributed by atoms with E-state index in [1.807, 2.05) is 67.2 Å². The number of benzene rings is 1. The molecule has 4 rings (SSSR count). The van der Waals surface area contributed by atoms with Crippen molar-refractivity contribution in [2.75, 3.05) is 0 Å². The zero-order valence-electron chi connectivity index (χ0n) is 15.0. The molecule has 0 bridgehead atoms. The highest BCUT2D eigenvalue weighted by Gasteiger charge is 2.17. The fourth-order valence-electron chi connectivity index (χ4n) is 2.84. The summed E-state index contributed by atoms with van der Waals surface area (Å²) in [5, 5.41) is 11.1. The van der Waals surface area contributed by atoms with Crippen LogP contribution in [0.25, 0.3) is 17.2 Å². The van der Waals surface area contributed by atoms with Crippen LogP contribution >= 0.6 is 0 Å². The molecule has 0 spiro atoms. The summed E-state index contributed by atoms with van der Waals surface area (Å²) in [4.78, 5) is 16.8. The molecule has 8 heteroatoms. The minimum Gasteiger partial charge on any atom is -0.348 e. The lowest BCUT2D eigenvalue weighted by molar-refractivity contribution is 0.0945. The van der Waals surface area contributed by atoms with Crippen molar-refractivity contribution in [3.8, 4) is 17.2 Å². The van der Waals surface area contributed by atoms with Gasteiger partial charge in [0, 0.05) is 13.2 Å². The number of amides is 1. The van der Waals surface area contributed by atoms with Crippen LogP contribution in [0.1, 0.15) is 21.9 Å². The molecule has 3 heterocycles. The van der Waals surface area contributed by atoms with Crippen LogP contribution in [0.3, 0.4) is 0 Å². The van der Waals surface area contributed by atoms with Gasteiger partial charge in [0.1, 0.15) is 0 Å². The highest BCUT2D eigenvalue weighted by atomic mass is 16.5. The fourth-order valence-corrected chi connectivity index (χ4v) is 2.84. The monoisotopic (exact) mass is 362 g/mol. The Morgan fingerprint density at radius 1 is 1.19 bits per heavy atom. The highest BCUT2D eigenvalue weighted by molar-refractivity contribution is 5.95. The van der Waals surface area contributed by atoms with Crippen molar-refractivity contribution < 1.29 is 9.32 Å². The van der Waals surface area contributed by atoms with E-state index in [0.717, 1.165) is 17.1 Å². The molecule has 0 atom stereocenters. The summed E-state index contributed by atoms with van der Waals surface area (Å²) in [6, 6.07) is 13.5. The molecule has 1 N–H and O–H groups in total. The van der Waals surface area contributed by atoms with E-state index < -0.39 is 0 Å². The Hall–Kier alpha value is -3.68. The third-order valence-corrected chi connectivity index (χ3v) is 4.30. The van der Waals surface area contributed by atoms with Gasteiger partial charge >= 0.3 is 0 Å². The summed E-state index contributed by atoms with van der Waals surface area (Å²) in [5.41, 5.74) is 3.00. The molecule has 0 aliphatic carbocycles. The van der Waals surface area contributed by atoms with Gasteiger partial charge in [-0.25, -0.2) is 4.68 Å². The minimum atomic E-state index is -0.242. The Bertz CT molecular complexity index is 1080. The number of carbonyl (C=O) groups is 1. The molecule has 0 saturated heterocycles. The average molecular weight is 362 g/mol. The van der Waals surface area contributed by atoms with Crippen molar-refractivity contribution in [3.63, 3.8) is 0 Å². The maximum Gasteiger partial charge on any atom is 0.255 e. The lowest BCUT2D eigenvalue weighted by atomic mass is 10.2. The van der Waals surface area contributed by atoms with Crippen molar-refractivity contribution in [3.05, 3.63) is 72.0 Å². The standard InChI is InChI=1S/C19H18N6O2/c1-13-15(11-21-25(13)14-7-4-3-5-8-14)19(26)20-12-17-22-18(23-27-17)16-9-6-10-24(16)2/h3-11H,12H2,1-2H3,(H,20,26). The predicted molar refractivity (Wildman–Crippen MR) is 98.2 cm³/mol. The maximum atomic E-state index is 12.5. The van der Waals surface area contributed by atoms with E-state index in [2.05, 4.69) is 20.6 Å². The Morgan fingerprint density at radius 2 is 2.00 bits per heavy atom. The quantitative estimate of drug-likeness (QED) is 0.589. The highest BCUT2D eigenvalue weighted by Crippen LogP contribution is 2.16. The maximum absolute atomic E-state index is 12.5. The second-order valence-corrected chi connectivity index (χ2v) is 6.09. The van der Waals surface area contributed by atoms with Gasteiger partial charge in [-0.3, -0.25) is 4.79 Å². The number of hydrogen-bond acceptors (Lipinski definition) is 5. The molecule has 27 heavy (non-hydrogen) atoms. The average Bonchev–Trinajstić information content (AvgIpc) is 3.40. The van der Waals surface area contributed by atoms with E-state index in [4.69, 9.17) is 4.52 Å². The molecule has 0 radical (unpaired) electrons. The Labute approximate surface area is 155 Å². The van der Waals surface area contributed by atoms with Crippen LogP contribution in [0, 0.1) is 6.92 Å². The number of para-hydroxylation sites is 1. The summed E-state index contributed by atoms with van der Waals surface area (Å²) in [6.07, 6.45) is 3.46. The molecule has 0 saturated carbocycles. The SMILES string of the molecule is Cc1c(C(=O)NCc2nc(-c3cccn3C)no2)cnn1-c1ccccc1. The summed E-state index contributed by atoms with van der Waals surface area (Å²) in [6.45, 7) is 2.00. The summed E-state index contributed by atoms with van der Waals surface area (Å²) < 4.78 is 8.85. The van der Waals surface area contributed by atoms with Crippen molar-refractivity contribution in [2.45, 2.75) is 13.5 Å². The van der Waals surface area contributed by atoms with Crippen LogP contribution in [0.5, 0.6) is 0 Å². The Balaban J connectivity index is 1.46. The molecular formula is C19H18N6O2. The van der Waals surface area contributed by atoms with Gasteiger partial charge in [0.05, 0.1) is 35.4 Å². The second kappa shape index (κ2) is 6.91. The molecule has 1 amide bonds. The van der Waals surface area contributed by atoms with Crippen LogP contribution < -0.4 is 5.32 Å². The molecular weight excluding hydrogens is 344 g/mol. The predicted octanol–water partition coefficient (Wildman–Crippen LogP) is 2.50. The van der Waals surface area contributed by atoms with Crippen molar-refractivity contribution >= 4 is 5.91 Å². The number of aryl methyl sites for hydroxylation is 1. The lowest BCUT2D eigenvalue weighted by Gasteiger charge is -2.05. The van der Waals surface area contributed by atoms with E-state index in [9.17, 15) is 4.79 Å². The normalized spacial score (nSPS) is 10.9. The van der Waals surface area contributed by atoms with Gasteiger partial charge in [-0.05, 0) is 31.2 Å². The number of rotatable bonds is 5. The summed E-state index contributed by atoms with van der Waals surface area (Å²) in [7, 11) is 1.90. The number of hydrogen-bond donors (Lipinski definition) is 1. The van der Waals surface area contributed by atoms with E-state index >= 15 is 0 Å². The van der Waals surface area contributed by atoms with E-state index in [-0.39, 0.29) is 12.5 Å². The largest absolute Gasteiger partial charge is 0.348 e. The van der Waals surface area contributed by atoms with Crippen molar-refractivity contribution in [1.29, 1.82) is 0 Å². The molecule has 0 unspecified atom stereocenters. The van der Waals surface area contributed by atoms with Crippen LogP contribution in [0.4, 0.5) is 0 Å². The molecule has 3 aromatic heterocycles. The fraction of sp³-hybridized carbons (Fsp3) is 0.158. The molecule has 4 aromatic rings. The van der Waals surface area contributed by atoms with Gasteiger partial charge < -0.3 is 14.4 Å². The van der Waals surface area contributed by atoms with E-state index in [0.29, 0.717) is 17.3 Å².